The van der Waals surface area contributed by atoms with Gasteiger partial charge in [-0.3, -0.25) is 9.59 Å². The minimum atomic E-state index is -6.29. The smallest absolute Gasteiger partial charge is 0.326 e. The molecule has 4 rings (SSSR count). The average molecular weight is 752 g/mol. The van der Waals surface area contributed by atoms with Gasteiger partial charge in [0.05, 0.1) is 10.9 Å². The number of hydrogen-bond acceptors (Lipinski definition) is 2. The Labute approximate surface area is 284 Å². The molecule has 0 bridgehead atoms. The Balaban J connectivity index is 1.62. The van der Waals surface area contributed by atoms with Crippen LogP contribution in [0.2, 0.25) is 15.1 Å². The number of Topliss-reactive ketones (excluding diaryl/α,β-unsaturated/α-hetero) is 1. The van der Waals surface area contributed by atoms with Gasteiger partial charge in [0.2, 0.25) is 5.91 Å². The third kappa shape index (κ3) is 6.83. The Kier molecular flexibility index (Phi) is 10.3. The summed E-state index contributed by atoms with van der Waals surface area (Å²) in [5, 5.41) is 3.23. The van der Waals surface area contributed by atoms with Crippen molar-refractivity contribution in [3.63, 3.8) is 0 Å². The first-order chi connectivity index (χ1) is 21.2. The summed E-state index contributed by atoms with van der Waals surface area (Å²) >= 11 is 31.2. The normalized spacial score (nSPS) is 18.0. The summed E-state index contributed by atoms with van der Waals surface area (Å²) in [6.45, 7) is 2.90. The predicted octanol–water partition coefficient (Wildman–Crippen LogP) is 11.0. The zero-order valence-corrected chi connectivity index (χ0v) is 27.5. The van der Waals surface area contributed by atoms with Gasteiger partial charge >= 0.3 is 18.0 Å². The number of alkyl halides is 9. The number of aryl methyl sites for hydroxylation is 2. The van der Waals surface area contributed by atoms with Gasteiger partial charge in [0.1, 0.15) is 4.33 Å². The van der Waals surface area contributed by atoms with Crippen LogP contribution in [0, 0.1) is 5.92 Å². The van der Waals surface area contributed by atoms with E-state index in [2.05, 4.69) is 5.32 Å². The van der Waals surface area contributed by atoms with Gasteiger partial charge in [-0.05, 0) is 71.5 Å². The van der Waals surface area contributed by atoms with Crippen molar-refractivity contribution in [1.82, 2.24) is 0 Å². The van der Waals surface area contributed by atoms with Crippen LogP contribution in [0.1, 0.15) is 57.9 Å². The molecule has 0 aromatic heterocycles. The van der Waals surface area contributed by atoms with Crippen molar-refractivity contribution in [3.8, 4) is 0 Å². The molecule has 0 aliphatic heterocycles. The van der Waals surface area contributed by atoms with Gasteiger partial charge in [-0.1, -0.05) is 60.8 Å². The van der Waals surface area contributed by atoms with E-state index >= 15 is 0 Å². The number of carbonyl (C=O) groups excluding carboxylic acids is 2. The molecule has 1 N–H and O–H groups in total. The zero-order valence-electron chi connectivity index (χ0n) is 23.7. The number of halogens is 12. The highest BCUT2D eigenvalue weighted by molar-refractivity contribution is 6.53. The monoisotopic (exact) mass is 749 g/mol. The number of carbonyl (C=O) groups is 2. The fourth-order valence-electron chi connectivity index (χ4n) is 5.46. The van der Waals surface area contributed by atoms with Gasteiger partial charge in [-0.15, -0.1) is 23.2 Å². The summed E-state index contributed by atoms with van der Waals surface area (Å²) in [6, 6.07) is 9.64. The van der Waals surface area contributed by atoms with Crippen molar-refractivity contribution >= 4 is 75.4 Å². The lowest BCUT2D eigenvalue weighted by molar-refractivity contribution is -0.348. The van der Waals surface area contributed by atoms with Crippen LogP contribution in [-0.4, -0.2) is 28.4 Å². The van der Waals surface area contributed by atoms with E-state index in [0.29, 0.717) is 27.7 Å². The minimum Gasteiger partial charge on any atom is -0.326 e. The van der Waals surface area contributed by atoms with Crippen LogP contribution in [0.15, 0.2) is 48.5 Å². The Hall–Kier alpha value is -2.24. The van der Waals surface area contributed by atoms with Crippen LogP contribution in [0.25, 0.3) is 0 Å². The van der Waals surface area contributed by atoms with Gasteiger partial charge in [0.25, 0.3) is 0 Å². The molecule has 0 radical (unpaired) electrons. The highest BCUT2D eigenvalue weighted by Gasteiger charge is 2.73. The second-order valence-electron chi connectivity index (χ2n) is 10.8. The summed E-state index contributed by atoms with van der Waals surface area (Å²) < 4.78 is 94.3. The van der Waals surface area contributed by atoms with Crippen LogP contribution < -0.4 is 5.32 Å². The molecule has 0 saturated heterocycles. The van der Waals surface area contributed by atoms with Crippen LogP contribution in [0.5, 0.6) is 0 Å². The summed E-state index contributed by atoms with van der Waals surface area (Å²) in [7, 11) is 0. The quantitative estimate of drug-likeness (QED) is 0.134. The molecular weight excluding hydrogens is 729 g/mol. The molecule has 0 spiro atoms. The molecule has 15 heteroatoms. The molecule has 3 nitrogen and oxygen atoms in total. The largest absolute Gasteiger partial charge is 0.435 e. The molecule has 2 atom stereocenters. The number of amides is 1. The Morgan fingerprint density at radius 1 is 0.804 bits per heavy atom. The van der Waals surface area contributed by atoms with Gasteiger partial charge in [0.15, 0.2) is 5.78 Å². The molecule has 1 saturated carbocycles. The van der Waals surface area contributed by atoms with Crippen LogP contribution >= 0.6 is 58.0 Å². The lowest BCUT2D eigenvalue weighted by atomic mass is 9.85. The van der Waals surface area contributed by atoms with Crippen molar-refractivity contribution in [2.45, 2.75) is 61.4 Å². The lowest BCUT2D eigenvalue weighted by Crippen LogP contribution is -2.50. The van der Waals surface area contributed by atoms with Gasteiger partial charge in [0, 0.05) is 39.2 Å². The second-order valence-corrected chi connectivity index (χ2v) is 13.5. The first-order valence-corrected chi connectivity index (χ1v) is 15.5. The average Bonchev–Trinajstić information content (AvgIpc) is 3.53. The van der Waals surface area contributed by atoms with E-state index in [4.69, 9.17) is 58.0 Å². The first-order valence-electron chi connectivity index (χ1n) is 13.6. The third-order valence-electron chi connectivity index (χ3n) is 7.83. The molecule has 248 valence electrons. The highest BCUT2D eigenvalue weighted by atomic mass is 35.5. The van der Waals surface area contributed by atoms with Crippen molar-refractivity contribution in [2.24, 2.45) is 5.92 Å². The maximum Gasteiger partial charge on any atom is 0.435 e. The van der Waals surface area contributed by atoms with Crippen molar-refractivity contribution < 1.29 is 40.3 Å². The van der Waals surface area contributed by atoms with E-state index in [1.807, 2.05) is 0 Å². The fourth-order valence-corrected chi connectivity index (χ4v) is 7.05. The van der Waals surface area contributed by atoms with Crippen LogP contribution in [0.4, 0.5) is 36.4 Å². The van der Waals surface area contributed by atoms with E-state index in [9.17, 15) is 40.3 Å². The Bertz CT molecular complexity index is 1630. The molecule has 3 aromatic carbocycles. The van der Waals surface area contributed by atoms with Crippen LogP contribution in [-0.2, 0) is 29.7 Å². The summed E-state index contributed by atoms with van der Waals surface area (Å²) in [6.07, 6.45) is -13.2. The molecule has 1 fully saturated rings. The molecule has 0 heterocycles. The summed E-state index contributed by atoms with van der Waals surface area (Å²) in [4.78, 5) is 26.6. The highest BCUT2D eigenvalue weighted by Crippen LogP contribution is 2.65. The summed E-state index contributed by atoms with van der Waals surface area (Å²) in [5.74, 6) is -2.82. The van der Waals surface area contributed by atoms with E-state index in [1.165, 1.54) is 38.1 Å². The molecule has 1 amide bonds. The van der Waals surface area contributed by atoms with Gasteiger partial charge < -0.3 is 5.32 Å². The second kappa shape index (κ2) is 13.0. The number of benzene rings is 3. The lowest BCUT2D eigenvalue weighted by Gasteiger charge is -2.31. The van der Waals surface area contributed by atoms with Gasteiger partial charge in [-0.2, -0.15) is 26.3 Å². The molecule has 3 aromatic rings. The van der Waals surface area contributed by atoms with Crippen molar-refractivity contribution in [3.05, 3.63) is 97.0 Å². The van der Waals surface area contributed by atoms with Crippen LogP contribution in [0.3, 0.4) is 0 Å². The number of anilines is 1. The minimum absolute atomic E-state index is 0.0328. The number of hydrogen-bond donors (Lipinski definition) is 1. The standard InChI is InChI=1S/C31H23Cl5F7NO2/c1-3-14-7-17(29(37,30(38,39)40)31(41,42)43)8-15(4-2)21(14)13-24(45)22-12-20(5-6-23(22)34)44-27(46)26-25(28(26,35)36)16-9-18(32)11-19(33)10-16/h5-12,25-26H,3-4,13H2,1-2H3,(H,44,46). The van der Waals surface area contributed by atoms with Gasteiger partial charge in [-0.25, -0.2) is 4.39 Å². The molecular formula is C31H23Cl5F7NO2. The SMILES string of the molecule is CCc1cc(C(F)(C(F)(F)F)C(F)(F)F)cc(CC)c1CC(=O)c1cc(NC(=O)C2C(c3cc(Cl)cc(Cl)c3)C2(Cl)Cl)ccc1Cl. The maximum atomic E-state index is 14.9. The Morgan fingerprint density at radius 2 is 1.33 bits per heavy atom. The fraction of sp³-hybridized carbons (Fsp3) is 0.355. The van der Waals surface area contributed by atoms with E-state index in [-0.39, 0.29) is 45.8 Å². The summed E-state index contributed by atoms with van der Waals surface area (Å²) in [5.41, 5.74) is -6.64. The van der Waals surface area contributed by atoms with Crippen molar-refractivity contribution in [1.29, 1.82) is 0 Å². The molecule has 1 aliphatic rings. The molecule has 46 heavy (non-hydrogen) atoms. The number of ketones is 1. The third-order valence-corrected chi connectivity index (χ3v) is 9.53. The maximum absolute atomic E-state index is 14.9. The predicted molar refractivity (Wildman–Crippen MR) is 165 cm³/mol. The van der Waals surface area contributed by atoms with E-state index < -0.39 is 57.9 Å². The Morgan fingerprint density at radius 3 is 1.80 bits per heavy atom. The van der Waals surface area contributed by atoms with E-state index in [1.54, 1.807) is 12.1 Å². The number of nitrogens with one attached hydrogen (secondary N) is 1. The van der Waals surface area contributed by atoms with E-state index in [0.717, 1.165) is 0 Å². The molecule has 2 unspecified atom stereocenters. The first kappa shape index (κ1) is 36.6. The topological polar surface area (TPSA) is 46.2 Å². The number of rotatable bonds is 9. The van der Waals surface area contributed by atoms with Crippen molar-refractivity contribution in [2.75, 3.05) is 5.32 Å². The molecule has 1 aliphatic carbocycles. The zero-order chi connectivity index (χ0) is 34.6.